The van der Waals surface area contributed by atoms with Gasteiger partial charge in [0.1, 0.15) is 0 Å². The first-order valence-electron chi connectivity index (χ1n) is 17.5. The predicted molar refractivity (Wildman–Crippen MR) is 215 cm³/mol. The fourth-order valence-corrected chi connectivity index (χ4v) is 7.33. The minimum absolute atomic E-state index is 0.628. The molecule has 8 aromatic carbocycles. The van der Waals surface area contributed by atoms with Crippen LogP contribution in [0.2, 0.25) is 0 Å². The molecule has 242 valence electrons. The number of fused-ring (bicyclic) bond motifs is 6. The highest BCUT2D eigenvalue weighted by Gasteiger charge is 2.15. The number of nitrogens with zero attached hydrogens (tertiary/aromatic N) is 4. The van der Waals surface area contributed by atoms with Crippen molar-refractivity contribution in [1.29, 1.82) is 0 Å². The summed E-state index contributed by atoms with van der Waals surface area (Å²) in [6, 6.07) is 59.5. The Morgan fingerprint density at radius 3 is 1.56 bits per heavy atom. The third-order valence-corrected chi connectivity index (χ3v) is 9.97. The zero-order chi connectivity index (χ0) is 34.4. The Hall–Kier alpha value is -7.04. The van der Waals surface area contributed by atoms with E-state index in [2.05, 4.69) is 138 Å². The zero-order valence-corrected chi connectivity index (χ0v) is 28.1. The fraction of sp³-hybridized carbons (Fsp3) is 0. The molecule has 0 saturated heterocycles. The lowest BCUT2D eigenvalue weighted by Crippen LogP contribution is -2.00. The summed E-state index contributed by atoms with van der Waals surface area (Å²) < 4.78 is 0. The lowest BCUT2D eigenvalue weighted by Gasteiger charge is -2.12. The van der Waals surface area contributed by atoms with E-state index in [4.69, 9.17) is 15.0 Å². The van der Waals surface area contributed by atoms with Gasteiger partial charge in [0.2, 0.25) is 0 Å². The maximum Gasteiger partial charge on any atom is 0.164 e. The van der Waals surface area contributed by atoms with Crippen molar-refractivity contribution in [1.82, 2.24) is 19.9 Å². The van der Waals surface area contributed by atoms with Crippen molar-refractivity contribution in [2.24, 2.45) is 0 Å². The molecule has 0 unspecified atom stereocenters. The van der Waals surface area contributed by atoms with Crippen LogP contribution in [0.5, 0.6) is 0 Å². The average molecular weight is 663 g/mol. The number of aromatic nitrogens is 4. The molecule has 0 fully saturated rings. The molecule has 0 bridgehead atoms. The molecule has 0 aliphatic heterocycles. The third kappa shape index (κ3) is 5.26. The van der Waals surface area contributed by atoms with Gasteiger partial charge in [0, 0.05) is 45.4 Å². The van der Waals surface area contributed by atoms with Gasteiger partial charge < -0.3 is 0 Å². The van der Waals surface area contributed by atoms with Crippen LogP contribution in [0.3, 0.4) is 0 Å². The van der Waals surface area contributed by atoms with Crippen molar-refractivity contribution in [3.05, 3.63) is 182 Å². The Bertz CT molecular complexity index is 2940. The van der Waals surface area contributed by atoms with Crippen molar-refractivity contribution >= 4 is 43.1 Å². The van der Waals surface area contributed by atoms with Crippen LogP contribution in [-0.2, 0) is 0 Å². The summed E-state index contributed by atoms with van der Waals surface area (Å²) in [6.07, 6.45) is 3.93. The van der Waals surface area contributed by atoms with E-state index in [0.717, 1.165) is 38.6 Å². The molecule has 4 heteroatoms. The number of hydrogen-bond acceptors (Lipinski definition) is 4. The summed E-state index contributed by atoms with van der Waals surface area (Å²) in [7, 11) is 0. The highest BCUT2D eigenvalue weighted by atomic mass is 15.0. The minimum Gasteiger partial charge on any atom is -0.263 e. The molecule has 0 amide bonds. The van der Waals surface area contributed by atoms with Gasteiger partial charge in [0.05, 0.1) is 0 Å². The van der Waals surface area contributed by atoms with E-state index in [1.807, 2.05) is 48.8 Å². The molecule has 0 radical (unpaired) electrons. The maximum atomic E-state index is 5.06. The van der Waals surface area contributed by atoms with Gasteiger partial charge in [-0.05, 0) is 61.1 Å². The second-order valence-electron chi connectivity index (χ2n) is 13.1. The van der Waals surface area contributed by atoms with Crippen LogP contribution in [0.25, 0.3) is 99.5 Å². The topological polar surface area (TPSA) is 51.6 Å². The van der Waals surface area contributed by atoms with Crippen molar-refractivity contribution in [2.45, 2.75) is 0 Å². The molecule has 2 aromatic heterocycles. The molecule has 0 N–H and O–H groups in total. The SMILES string of the molecule is c1ccc(-c2ccc3cc(-c4nc(-c5ccccc5)nc(-c5ccc(-c6cncc7ccc8c9ccccc9ccc8c67)cc5)n4)ccc3c2)cc1. The lowest BCUT2D eigenvalue weighted by atomic mass is 9.93. The summed E-state index contributed by atoms with van der Waals surface area (Å²) in [5.74, 6) is 1.91. The Balaban J connectivity index is 1.07. The summed E-state index contributed by atoms with van der Waals surface area (Å²) in [5, 5.41) is 9.57. The normalized spacial score (nSPS) is 11.5. The second kappa shape index (κ2) is 12.4. The highest BCUT2D eigenvalue weighted by Crippen LogP contribution is 2.37. The largest absolute Gasteiger partial charge is 0.263 e. The van der Waals surface area contributed by atoms with Crippen molar-refractivity contribution < 1.29 is 0 Å². The standard InChI is InChI=1S/C48H30N4/c1-3-9-31(10-4-1)36-19-20-38-28-39(22-21-37(38)27-36)48-51-46(34-12-5-2-6-13-34)50-47(52-48)35-17-15-33(16-18-35)44-30-49-29-40-24-25-42-41-14-8-7-11-32(41)23-26-43(42)45(40)44/h1-30H. The minimum atomic E-state index is 0.628. The van der Waals surface area contributed by atoms with Gasteiger partial charge in [-0.2, -0.15) is 0 Å². The van der Waals surface area contributed by atoms with Crippen molar-refractivity contribution in [3.63, 3.8) is 0 Å². The lowest BCUT2D eigenvalue weighted by molar-refractivity contribution is 1.07. The quantitative estimate of drug-likeness (QED) is 0.172. The van der Waals surface area contributed by atoms with Gasteiger partial charge in [-0.1, -0.05) is 158 Å². The summed E-state index contributed by atoms with van der Waals surface area (Å²) in [4.78, 5) is 19.7. The molecule has 52 heavy (non-hydrogen) atoms. The first-order chi connectivity index (χ1) is 25.7. The van der Waals surface area contributed by atoms with Crippen LogP contribution < -0.4 is 0 Å². The number of hydrogen-bond donors (Lipinski definition) is 0. The van der Waals surface area contributed by atoms with Crippen molar-refractivity contribution in [2.75, 3.05) is 0 Å². The molecule has 0 atom stereocenters. The Morgan fingerprint density at radius 1 is 0.288 bits per heavy atom. The van der Waals surface area contributed by atoms with E-state index in [1.165, 1.54) is 43.4 Å². The van der Waals surface area contributed by atoms with Crippen LogP contribution in [-0.4, -0.2) is 19.9 Å². The fourth-order valence-electron chi connectivity index (χ4n) is 7.33. The van der Waals surface area contributed by atoms with E-state index in [0.29, 0.717) is 17.5 Å². The third-order valence-electron chi connectivity index (χ3n) is 9.97. The number of pyridine rings is 1. The first-order valence-corrected chi connectivity index (χ1v) is 17.5. The highest BCUT2D eigenvalue weighted by molar-refractivity contribution is 6.20. The van der Waals surface area contributed by atoms with Gasteiger partial charge in [-0.15, -0.1) is 0 Å². The predicted octanol–water partition coefficient (Wildman–Crippen LogP) is 12.2. The molecule has 10 rings (SSSR count). The van der Waals surface area contributed by atoms with Gasteiger partial charge in [-0.25, -0.2) is 15.0 Å². The van der Waals surface area contributed by atoms with Gasteiger partial charge in [0.15, 0.2) is 17.5 Å². The Labute approximate surface area is 300 Å². The first kappa shape index (κ1) is 29.8. The molecule has 0 saturated carbocycles. The molecule has 4 nitrogen and oxygen atoms in total. The van der Waals surface area contributed by atoms with Gasteiger partial charge in [-0.3, -0.25) is 4.98 Å². The summed E-state index contributed by atoms with van der Waals surface area (Å²) in [6.45, 7) is 0. The van der Waals surface area contributed by atoms with E-state index in [9.17, 15) is 0 Å². The van der Waals surface area contributed by atoms with Gasteiger partial charge in [0.25, 0.3) is 0 Å². The second-order valence-corrected chi connectivity index (χ2v) is 13.1. The zero-order valence-electron chi connectivity index (χ0n) is 28.1. The monoisotopic (exact) mass is 662 g/mol. The van der Waals surface area contributed by atoms with E-state index in [-0.39, 0.29) is 0 Å². The maximum absolute atomic E-state index is 5.06. The van der Waals surface area contributed by atoms with E-state index >= 15 is 0 Å². The number of rotatable bonds is 5. The molecule has 10 aromatic rings. The Morgan fingerprint density at radius 2 is 0.808 bits per heavy atom. The van der Waals surface area contributed by atoms with Gasteiger partial charge >= 0.3 is 0 Å². The molecule has 2 heterocycles. The molecule has 0 aliphatic carbocycles. The van der Waals surface area contributed by atoms with Crippen LogP contribution >= 0.6 is 0 Å². The molecule has 0 spiro atoms. The average Bonchev–Trinajstić information content (AvgIpc) is 3.23. The molecule has 0 aliphatic rings. The number of benzene rings is 8. The van der Waals surface area contributed by atoms with Crippen LogP contribution in [0.15, 0.2) is 182 Å². The van der Waals surface area contributed by atoms with Crippen LogP contribution in [0, 0.1) is 0 Å². The summed E-state index contributed by atoms with van der Waals surface area (Å²) >= 11 is 0. The van der Waals surface area contributed by atoms with Crippen LogP contribution in [0.1, 0.15) is 0 Å². The van der Waals surface area contributed by atoms with Crippen molar-refractivity contribution in [3.8, 4) is 56.4 Å². The Kier molecular flexibility index (Phi) is 7.10. The molecular weight excluding hydrogens is 633 g/mol. The smallest absolute Gasteiger partial charge is 0.164 e. The van der Waals surface area contributed by atoms with Crippen LogP contribution in [0.4, 0.5) is 0 Å². The van der Waals surface area contributed by atoms with E-state index in [1.54, 1.807) is 0 Å². The van der Waals surface area contributed by atoms with E-state index < -0.39 is 0 Å². The summed E-state index contributed by atoms with van der Waals surface area (Å²) in [5.41, 5.74) is 7.38. The molecular formula is C48H30N4.